The standard InChI is InChI=1S/C12H14ClNO3/c13-10-3-1-9(2-4-10)7-17-12(15)11-8-16-6-5-14-11/h1-4,11,14H,5-8H2. The highest BCUT2D eigenvalue weighted by Crippen LogP contribution is 2.10. The summed E-state index contributed by atoms with van der Waals surface area (Å²) in [5, 5.41) is 3.71. The first-order valence-electron chi connectivity index (χ1n) is 5.48. The van der Waals surface area contributed by atoms with Crippen molar-refractivity contribution in [2.75, 3.05) is 19.8 Å². The lowest BCUT2D eigenvalue weighted by molar-refractivity contribution is -0.150. The molecule has 5 heteroatoms. The van der Waals surface area contributed by atoms with E-state index < -0.39 is 0 Å². The second-order valence-electron chi connectivity index (χ2n) is 3.82. The number of ether oxygens (including phenoxy) is 2. The highest BCUT2D eigenvalue weighted by atomic mass is 35.5. The SMILES string of the molecule is O=C(OCc1ccc(Cl)cc1)C1COCCN1. The Labute approximate surface area is 105 Å². The van der Waals surface area contributed by atoms with E-state index in [-0.39, 0.29) is 18.6 Å². The van der Waals surface area contributed by atoms with Gasteiger partial charge in [-0.3, -0.25) is 4.79 Å². The van der Waals surface area contributed by atoms with E-state index >= 15 is 0 Å². The van der Waals surface area contributed by atoms with Gasteiger partial charge >= 0.3 is 5.97 Å². The minimum absolute atomic E-state index is 0.258. The molecule has 92 valence electrons. The summed E-state index contributed by atoms with van der Waals surface area (Å²) in [5.41, 5.74) is 0.916. The molecule has 0 amide bonds. The molecule has 1 fully saturated rings. The predicted molar refractivity (Wildman–Crippen MR) is 63.9 cm³/mol. The minimum Gasteiger partial charge on any atom is -0.460 e. The molecule has 17 heavy (non-hydrogen) atoms. The number of morpholine rings is 1. The van der Waals surface area contributed by atoms with Crippen molar-refractivity contribution in [3.8, 4) is 0 Å². The normalized spacial score (nSPS) is 19.9. The van der Waals surface area contributed by atoms with Crippen LogP contribution in [0.1, 0.15) is 5.56 Å². The molecule has 1 aromatic rings. The number of carbonyl (C=O) groups is 1. The Kier molecular flexibility index (Phi) is 4.36. The van der Waals surface area contributed by atoms with Crippen molar-refractivity contribution in [3.05, 3.63) is 34.9 Å². The van der Waals surface area contributed by atoms with Gasteiger partial charge in [-0.1, -0.05) is 23.7 Å². The highest BCUT2D eigenvalue weighted by Gasteiger charge is 2.22. The molecule has 0 spiro atoms. The molecule has 2 rings (SSSR count). The van der Waals surface area contributed by atoms with Crippen LogP contribution in [0.5, 0.6) is 0 Å². The molecule has 1 aliphatic rings. The summed E-state index contributed by atoms with van der Waals surface area (Å²) in [4.78, 5) is 11.6. The summed E-state index contributed by atoms with van der Waals surface area (Å²) < 4.78 is 10.4. The molecule has 0 saturated carbocycles. The van der Waals surface area contributed by atoms with Crippen LogP contribution < -0.4 is 5.32 Å². The van der Waals surface area contributed by atoms with Crippen LogP contribution in [0.15, 0.2) is 24.3 Å². The van der Waals surface area contributed by atoms with Crippen molar-refractivity contribution in [2.45, 2.75) is 12.6 Å². The van der Waals surface area contributed by atoms with Crippen LogP contribution in [0, 0.1) is 0 Å². The summed E-state index contributed by atoms with van der Waals surface area (Å²) in [6, 6.07) is 6.86. The van der Waals surface area contributed by atoms with Crippen LogP contribution in [0.3, 0.4) is 0 Å². The molecule has 1 atom stereocenters. The molecule has 1 aliphatic heterocycles. The maximum Gasteiger partial charge on any atom is 0.325 e. The largest absolute Gasteiger partial charge is 0.460 e. The van der Waals surface area contributed by atoms with Crippen molar-refractivity contribution in [2.24, 2.45) is 0 Å². The third-order valence-electron chi connectivity index (χ3n) is 2.50. The van der Waals surface area contributed by atoms with E-state index in [0.717, 1.165) is 5.56 Å². The summed E-state index contributed by atoms with van der Waals surface area (Å²) >= 11 is 5.76. The fraction of sp³-hybridized carbons (Fsp3) is 0.417. The zero-order valence-corrected chi connectivity index (χ0v) is 10.1. The first kappa shape index (κ1) is 12.4. The summed E-state index contributed by atoms with van der Waals surface area (Å²) in [6.07, 6.45) is 0. The molecular weight excluding hydrogens is 242 g/mol. The lowest BCUT2D eigenvalue weighted by Crippen LogP contribution is -2.47. The Morgan fingerprint density at radius 3 is 2.88 bits per heavy atom. The highest BCUT2D eigenvalue weighted by molar-refractivity contribution is 6.30. The van der Waals surface area contributed by atoms with E-state index in [0.29, 0.717) is 24.8 Å². The molecule has 0 radical (unpaired) electrons. The number of hydrogen-bond acceptors (Lipinski definition) is 4. The quantitative estimate of drug-likeness (QED) is 0.829. The van der Waals surface area contributed by atoms with Gasteiger partial charge in [0, 0.05) is 11.6 Å². The van der Waals surface area contributed by atoms with Gasteiger partial charge in [-0.15, -0.1) is 0 Å². The zero-order valence-electron chi connectivity index (χ0n) is 9.32. The summed E-state index contributed by atoms with van der Waals surface area (Å²) in [7, 11) is 0. The van der Waals surface area contributed by atoms with Crippen LogP contribution in [-0.2, 0) is 20.9 Å². The number of halogens is 1. The van der Waals surface area contributed by atoms with E-state index in [9.17, 15) is 4.79 Å². The molecule has 1 aromatic carbocycles. The molecule has 1 heterocycles. The van der Waals surface area contributed by atoms with E-state index in [2.05, 4.69) is 5.32 Å². The Hall–Kier alpha value is -1.10. The van der Waals surface area contributed by atoms with Gasteiger partial charge in [0.05, 0.1) is 13.2 Å². The number of rotatable bonds is 3. The monoisotopic (exact) mass is 255 g/mol. The van der Waals surface area contributed by atoms with Gasteiger partial charge in [-0.2, -0.15) is 0 Å². The maximum atomic E-state index is 11.6. The maximum absolute atomic E-state index is 11.6. The first-order chi connectivity index (χ1) is 8.25. The molecule has 0 bridgehead atoms. The number of hydrogen-bond donors (Lipinski definition) is 1. The van der Waals surface area contributed by atoms with Crippen molar-refractivity contribution in [1.82, 2.24) is 5.32 Å². The molecule has 1 saturated heterocycles. The molecular formula is C12H14ClNO3. The molecule has 4 nitrogen and oxygen atoms in total. The van der Waals surface area contributed by atoms with Crippen molar-refractivity contribution in [1.29, 1.82) is 0 Å². The average Bonchev–Trinajstić information content (AvgIpc) is 2.39. The van der Waals surface area contributed by atoms with Crippen LogP contribution in [0.25, 0.3) is 0 Å². The molecule has 0 aromatic heterocycles. The third-order valence-corrected chi connectivity index (χ3v) is 2.75. The smallest absolute Gasteiger partial charge is 0.325 e. The van der Waals surface area contributed by atoms with Gasteiger partial charge in [0.15, 0.2) is 0 Å². The van der Waals surface area contributed by atoms with Crippen molar-refractivity contribution < 1.29 is 14.3 Å². The molecule has 1 N–H and O–H groups in total. The van der Waals surface area contributed by atoms with Gasteiger partial charge in [-0.05, 0) is 17.7 Å². The molecule has 1 unspecified atom stereocenters. The zero-order chi connectivity index (χ0) is 12.1. The Bertz CT molecular complexity index is 374. The van der Waals surface area contributed by atoms with E-state index in [1.54, 1.807) is 12.1 Å². The van der Waals surface area contributed by atoms with Gasteiger partial charge < -0.3 is 14.8 Å². The van der Waals surface area contributed by atoms with Gasteiger partial charge in [0.25, 0.3) is 0 Å². The summed E-state index contributed by atoms with van der Waals surface area (Å²) in [6.45, 7) is 1.95. The topological polar surface area (TPSA) is 47.6 Å². The molecule has 0 aliphatic carbocycles. The van der Waals surface area contributed by atoms with Crippen molar-refractivity contribution in [3.63, 3.8) is 0 Å². The fourth-order valence-corrected chi connectivity index (χ4v) is 1.68. The van der Waals surface area contributed by atoms with E-state index in [4.69, 9.17) is 21.1 Å². The summed E-state index contributed by atoms with van der Waals surface area (Å²) in [5.74, 6) is -0.278. The fourth-order valence-electron chi connectivity index (χ4n) is 1.55. The van der Waals surface area contributed by atoms with E-state index in [1.807, 2.05) is 12.1 Å². The average molecular weight is 256 g/mol. The Morgan fingerprint density at radius 2 is 2.24 bits per heavy atom. The second-order valence-corrected chi connectivity index (χ2v) is 4.25. The number of nitrogens with one attached hydrogen (secondary N) is 1. The van der Waals surface area contributed by atoms with Crippen LogP contribution in [0.2, 0.25) is 5.02 Å². The van der Waals surface area contributed by atoms with Gasteiger partial charge in [-0.25, -0.2) is 0 Å². The van der Waals surface area contributed by atoms with Crippen LogP contribution in [0.4, 0.5) is 0 Å². The lowest BCUT2D eigenvalue weighted by Gasteiger charge is -2.22. The van der Waals surface area contributed by atoms with Crippen LogP contribution >= 0.6 is 11.6 Å². The Morgan fingerprint density at radius 1 is 1.47 bits per heavy atom. The number of esters is 1. The van der Waals surface area contributed by atoms with Gasteiger partial charge in [0.1, 0.15) is 12.6 Å². The first-order valence-corrected chi connectivity index (χ1v) is 5.86. The Balaban J connectivity index is 1.81. The minimum atomic E-state index is -0.351. The van der Waals surface area contributed by atoms with E-state index in [1.165, 1.54) is 0 Å². The third kappa shape index (κ3) is 3.70. The van der Waals surface area contributed by atoms with Gasteiger partial charge in [0.2, 0.25) is 0 Å². The lowest BCUT2D eigenvalue weighted by atomic mass is 10.2. The van der Waals surface area contributed by atoms with Crippen molar-refractivity contribution >= 4 is 17.6 Å². The van der Waals surface area contributed by atoms with Crippen LogP contribution in [-0.4, -0.2) is 31.8 Å². The second kappa shape index (κ2) is 6.00. The number of carbonyl (C=O) groups excluding carboxylic acids is 1. The number of benzene rings is 1. The predicted octanol–water partition coefficient (Wildman–Crippen LogP) is 1.37.